The number of rotatable bonds is 10. The van der Waals surface area contributed by atoms with E-state index in [4.69, 9.17) is 42.6 Å². The first kappa shape index (κ1) is 22.9. The minimum atomic E-state index is -0.767. The van der Waals surface area contributed by atoms with Gasteiger partial charge in [-0.2, -0.15) is 0 Å². The first-order valence-electron chi connectivity index (χ1n) is 8.80. The zero-order chi connectivity index (χ0) is 20.0. The second-order valence-corrected chi connectivity index (χ2v) is 6.36. The summed E-state index contributed by atoms with van der Waals surface area (Å²) in [5.41, 5.74) is 0. The van der Waals surface area contributed by atoms with Gasteiger partial charge in [0.1, 0.15) is 42.7 Å². The molecule has 27 heavy (non-hydrogen) atoms. The molecular weight excluding hydrogens is 364 g/mol. The van der Waals surface area contributed by atoms with Crippen molar-refractivity contribution in [1.82, 2.24) is 0 Å². The van der Waals surface area contributed by atoms with Gasteiger partial charge in [-0.3, -0.25) is 0 Å². The monoisotopic (exact) mass is 396 g/mol. The van der Waals surface area contributed by atoms with E-state index in [-0.39, 0.29) is 18.8 Å². The molecule has 0 saturated carbocycles. The summed E-state index contributed by atoms with van der Waals surface area (Å²) in [6.45, 7) is 0.0311. The van der Waals surface area contributed by atoms with Crippen molar-refractivity contribution in [2.45, 2.75) is 55.3 Å². The summed E-state index contributed by atoms with van der Waals surface area (Å²) in [5, 5.41) is 9.80. The first-order chi connectivity index (χ1) is 13.1. The van der Waals surface area contributed by atoms with Gasteiger partial charge < -0.3 is 47.7 Å². The van der Waals surface area contributed by atoms with Gasteiger partial charge in [0, 0.05) is 42.7 Å². The summed E-state index contributed by atoms with van der Waals surface area (Å²) in [6, 6.07) is 0. The van der Waals surface area contributed by atoms with Crippen LogP contribution in [0.25, 0.3) is 0 Å². The molecule has 1 N–H and O–H groups in total. The number of hydrogen-bond donors (Lipinski definition) is 1. The van der Waals surface area contributed by atoms with Crippen molar-refractivity contribution >= 4 is 0 Å². The SMILES string of the molecule is COC[C@@H]1O[C@H](O[C@H]2[C@H](OC)[C@@H](OC)[C@@H](OC)O[C@@H]2CO)[C@@H](OC)[C@@H]1OC. The fourth-order valence-electron chi connectivity index (χ4n) is 3.68. The van der Waals surface area contributed by atoms with Crippen LogP contribution in [0.15, 0.2) is 0 Å². The molecule has 2 heterocycles. The van der Waals surface area contributed by atoms with Crippen LogP contribution in [-0.4, -0.2) is 116 Å². The Morgan fingerprint density at radius 2 is 1.19 bits per heavy atom. The lowest BCUT2D eigenvalue weighted by molar-refractivity contribution is -0.332. The third kappa shape index (κ3) is 4.78. The molecule has 0 bridgehead atoms. The Morgan fingerprint density at radius 3 is 1.67 bits per heavy atom. The zero-order valence-electron chi connectivity index (χ0n) is 16.7. The maximum Gasteiger partial charge on any atom is 0.187 e. The highest BCUT2D eigenvalue weighted by Gasteiger charge is 2.52. The molecular formula is C17H32O10. The molecule has 0 amide bonds. The van der Waals surface area contributed by atoms with Crippen LogP contribution in [-0.2, 0) is 42.6 Å². The largest absolute Gasteiger partial charge is 0.394 e. The van der Waals surface area contributed by atoms with Gasteiger partial charge in [-0.15, -0.1) is 0 Å². The standard InChI is InChI=1S/C17H32O10/c1-19-8-10-11(20-2)14(22-4)17(26-10)27-12-9(7-18)25-16(24-6)15(23-5)13(12)21-3/h9-18H,7-8H2,1-6H3/t9-,10+,11-,12-,13+,14+,15-,16+,17-/m1/s1. The number of aliphatic hydroxyl groups excluding tert-OH is 1. The lowest BCUT2D eigenvalue weighted by Crippen LogP contribution is -2.62. The van der Waals surface area contributed by atoms with E-state index in [1.807, 2.05) is 0 Å². The molecule has 0 aromatic carbocycles. The summed E-state index contributed by atoms with van der Waals surface area (Å²) in [5.74, 6) is 0. The third-order valence-electron chi connectivity index (χ3n) is 4.98. The Bertz CT molecular complexity index is 425. The van der Waals surface area contributed by atoms with Crippen molar-refractivity contribution in [1.29, 1.82) is 0 Å². The van der Waals surface area contributed by atoms with Gasteiger partial charge in [0.25, 0.3) is 0 Å². The van der Waals surface area contributed by atoms with Crippen molar-refractivity contribution in [3.8, 4) is 0 Å². The molecule has 9 atom stereocenters. The minimum absolute atomic E-state index is 0.291. The first-order valence-corrected chi connectivity index (χ1v) is 8.80. The number of aliphatic hydroxyl groups is 1. The molecule has 0 aliphatic carbocycles. The second-order valence-electron chi connectivity index (χ2n) is 6.36. The molecule has 160 valence electrons. The van der Waals surface area contributed by atoms with Crippen LogP contribution in [0.3, 0.4) is 0 Å². The normalized spacial score (nSPS) is 42.6. The van der Waals surface area contributed by atoms with E-state index in [1.165, 1.54) is 21.3 Å². The molecule has 10 nitrogen and oxygen atoms in total. The smallest absolute Gasteiger partial charge is 0.187 e. The minimum Gasteiger partial charge on any atom is -0.394 e. The highest BCUT2D eigenvalue weighted by atomic mass is 16.8. The van der Waals surface area contributed by atoms with Crippen molar-refractivity contribution in [3.05, 3.63) is 0 Å². The predicted molar refractivity (Wildman–Crippen MR) is 91.4 cm³/mol. The Balaban J connectivity index is 2.20. The van der Waals surface area contributed by atoms with E-state index in [0.717, 1.165) is 0 Å². The number of methoxy groups -OCH3 is 6. The number of hydrogen-bond acceptors (Lipinski definition) is 10. The molecule has 0 unspecified atom stereocenters. The fourth-order valence-corrected chi connectivity index (χ4v) is 3.68. The molecule has 0 radical (unpaired) electrons. The van der Waals surface area contributed by atoms with Crippen LogP contribution in [0.5, 0.6) is 0 Å². The lowest BCUT2D eigenvalue weighted by atomic mass is 9.98. The van der Waals surface area contributed by atoms with Crippen LogP contribution >= 0.6 is 0 Å². The fraction of sp³-hybridized carbons (Fsp3) is 1.00. The van der Waals surface area contributed by atoms with E-state index in [0.29, 0.717) is 6.61 Å². The van der Waals surface area contributed by atoms with E-state index >= 15 is 0 Å². The lowest BCUT2D eigenvalue weighted by Gasteiger charge is -2.45. The Labute approximate surface area is 159 Å². The van der Waals surface area contributed by atoms with E-state index in [9.17, 15) is 5.11 Å². The summed E-state index contributed by atoms with van der Waals surface area (Å²) in [4.78, 5) is 0. The summed E-state index contributed by atoms with van der Waals surface area (Å²) in [6.07, 6.45) is -5.19. The molecule has 0 aromatic heterocycles. The van der Waals surface area contributed by atoms with Gasteiger partial charge in [0.2, 0.25) is 0 Å². The Morgan fingerprint density at radius 1 is 0.630 bits per heavy atom. The van der Waals surface area contributed by atoms with Gasteiger partial charge in [0.15, 0.2) is 12.6 Å². The molecule has 2 saturated heterocycles. The molecule has 0 aromatic rings. The predicted octanol–water partition coefficient (Wildman–Crippen LogP) is -0.833. The molecule has 2 fully saturated rings. The average molecular weight is 396 g/mol. The van der Waals surface area contributed by atoms with Crippen LogP contribution in [0.4, 0.5) is 0 Å². The molecule has 2 rings (SSSR count). The van der Waals surface area contributed by atoms with Crippen LogP contribution in [0.1, 0.15) is 0 Å². The van der Waals surface area contributed by atoms with Crippen molar-refractivity contribution in [2.24, 2.45) is 0 Å². The highest BCUT2D eigenvalue weighted by molar-refractivity contribution is 4.95. The topological polar surface area (TPSA) is 103 Å². The van der Waals surface area contributed by atoms with E-state index in [1.54, 1.807) is 21.3 Å². The van der Waals surface area contributed by atoms with Gasteiger partial charge >= 0.3 is 0 Å². The van der Waals surface area contributed by atoms with Gasteiger partial charge in [0.05, 0.1) is 13.2 Å². The Hall–Kier alpha value is -0.400. The van der Waals surface area contributed by atoms with Crippen molar-refractivity contribution in [2.75, 3.05) is 55.9 Å². The molecule has 2 aliphatic heterocycles. The van der Waals surface area contributed by atoms with Gasteiger partial charge in [-0.25, -0.2) is 0 Å². The Kier molecular flexibility index (Phi) is 9.29. The number of ether oxygens (including phenoxy) is 9. The van der Waals surface area contributed by atoms with Crippen LogP contribution in [0.2, 0.25) is 0 Å². The average Bonchev–Trinajstić information content (AvgIpc) is 3.03. The van der Waals surface area contributed by atoms with Crippen molar-refractivity contribution < 1.29 is 47.7 Å². The zero-order valence-corrected chi connectivity index (χ0v) is 16.7. The van der Waals surface area contributed by atoms with E-state index in [2.05, 4.69) is 0 Å². The second kappa shape index (κ2) is 11.0. The van der Waals surface area contributed by atoms with Crippen LogP contribution < -0.4 is 0 Å². The van der Waals surface area contributed by atoms with Crippen molar-refractivity contribution in [3.63, 3.8) is 0 Å². The summed E-state index contributed by atoms with van der Waals surface area (Å²) in [7, 11) is 9.28. The highest BCUT2D eigenvalue weighted by Crippen LogP contribution is 2.33. The third-order valence-corrected chi connectivity index (χ3v) is 4.98. The van der Waals surface area contributed by atoms with E-state index < -0.39 is 43.1 Å². The summed E-state index contributed by atoms with van der Waals surface area (Å²) >= 11 is 0. The van der Waals surface area contributed by atoms with Crippen LogP contribution in [0, 0.1) is 0 Å². The maximum atomic E-state index is 9.80. The maximum absolute atomic E-state index is 9.80. The molecule has 0 spiro atoms. The van der Waals surface area contributed by atoms with Gasteiger partial charge in [-0.1, -0.05) is 0 Å². The molecule has 10 heteroatoms. The molecule has 2 aliphatic rings. The quantitative estimate of drug-likeness (QED) is 0.503. The summed E-state index contributed by atoms with van der Waals surface area (Å²) < 4.78 is 50.6. The van der Waals surface area contributed by atoms with Gasteiger partial charge in [-0.05, 0) is 0 Å².